The third kappa shape index (κ3) is 6.07. The number of nitrogens with zero attached hydrogens (tertiary/aromatic N) is 6. The van der Waals surface area contributed by atoms with Crippen LogP contribution in [0.1, 0.15) is 82.6 Å². The lowest BCUT2D eigenvalue weighted by Crippen LogP contribution is -2.61. The van der Waals surface area contributed by atoms with Crippen molar-refractivity contribution in [2.45, 2.75) is 95.7 Å². The summed E-state index contributed by atoms with van der Waals surface area (Å²) in [5.41, 5.74) is 3.12. The number of aryl methyl sites for hydroxylation is 1. The zero-order chi connectivity index (χ0) is 32.0. The molecule has 1 aromatic carbocycles. The van der Waals surface area contributed by atoms with Gasteiger partial charge in [-0.1, -0.05) is 11.3 Å². The molecule has 4 heterocycles. The number of carboxylic acid groups (broad SMARTS) is 1. The van der Waals surface area contributed by atoms with E-state index < -0.39 is 30.0 Å². The molecule has 5 fully saturated rings. The minimum Gasteiger partial charge on any atom is -0.465 e. The summed E-state index contributed by atoms with van der Waals surface area (Å²) in [5.74, 6) is -0.759. The molecule has 248 valence electrons. The van der Waals surface area contributed by atoms with Crippen molar-refractivity contribution in [3.63, 3.8) is 0 Å². The van der Waals surface area contributed by atoms with Gasteiger partial charge in [-0.2, -0.15) is 0 Å². The van der Waals surface area contributed by atoms with Crippen LogP contribution in [0.3, 0.4) is 0 Å². The van der Waals surface area contributed by atoms with Crippen LogP contribution in [-0.2, 0) is 28.0 Å². The third-order valence-corrected chi connectivity index (χ3v) is 11.8. The van der Waals surface area contributed by atoms with Crippen molar-refractivity contribution in [1.82, 2.24) is 35.0 Å². The highest BCUT2D eigenvalue weighted by Crippen LogP contribution is 2.58. The van der Waals surface area contributed by atoms with Crippen LogP contribution < -0.4 is 5.32 Å². The second-order valence-electron chi connectivity index (χ2n) is 14.7. The average molecular weight is 634 g/mol. The summed E-state index contributed by atoms with van der Waals surface area (Å²) in [6.45, 7) is 2.18. The van der Waals surface area contributed by atoms with Crippen LogP contribution in [0, 0.1) is 23.2 Å². The van der Waals surface area contributed by atoms with Gasteiger partial charge in [-0.15, -0.1) is 5.10 Å². The van der Waals surface area contributed by atoms with Crippen molar-refractivity contribution < 1.29 is 24.3 Å². The number of likely N-dealkylation sites (tertiary alicyclic amines) is 3. The molecule has 2 aliphatic carbocycles. The van der Waals surface area contributed by atoms with Gasteiger partial charge in [0.15, 0.2) is 0 Å². The predicted molar refractivity (Wildman–Crippen MR) is 169 cm³/mol. The Balaban J connectivity index is 1.11. The summed E-state index contributed by atoms with van der Waals surface area (Å²) in [4.78, 5) is 59.2. The molecule has 12 nitrogen and oxygen atoms in total. The van der Waals surface area contributed by atoms with Gasteiger partial charge in [-0.3, -0.25) is 19.3 Å². The van der Waals surface area contributed by atoms with Crippen molar-refractivity contribution in [3.05, 3.63) is 23.8 Å². The molecule has 1 aromatic heterocycles. The molecule has 7 rings (SSSR count). The zero-order valence-corrected chi connectivity index (χ0v) is 26.9. The van der Waals surface area contributed by atoms with E-state index in [2.05, 4.69) is 15.6 Å². The fourth-order valence-corrected chi connectivity index (χ4v) is 8.88. The molecular formula is C34H47N7O5. The summed E-state index contributed by atoms with van der Waals surface area (Å²) in [6.07, 6.45) is 10.8. The van der Waals surface area contributed by atoms with Gasteiger partial charge < -0.3 is 20.2 Å². The maximum absolute atomic E-state index is 14.6. The van der Waals surface area contributed by atoms with Crippen LogP contribution in [0.5, 0.6) is 0 Å². The second kappa shape index (κ2) is 12.5. The lowest BCUT2D eigenvalue weighted by Gasteiger charge is -2.41. The van der Waals surface area contributed by atoms with Crippen LogP contribution in [0.2, 0.25) is 0 Å². The highest BCUT2D eigenvalue weighted by atomic mass is 16.4. The number of fused-ring (bicyclic) bond motifs is 1. The summed E-state index contributed by atoms with van der Waals surface area (Å²) < 4.78 is 1.70. The number of piperidine rings is 1. The van der Waals surface area contributed by atoms with Gasteiger partial charge in [-0.25, -0.2) is 9.48 Å². The monoisotopic (exact) mass is 633 g/mol. The first-order valence-corrected chi connectivity index (χ1v) is 17.4. The van der Waals surface area contributed by atoms with Gasteiger partial charge in [0.2, 0.25) is 17.7 Å². The molecule has 12 heteroatoms. The Morgan fingerprint density at radius 3 is 2.41 bits per heavy atom. The average Bonchev–Trinajstić information content (AvgIpc) is 3.42. The molecule has 5 aliphatic rings. The SMILES string of the molecule is Cn1nnc2cc(CNC(=O)[C@@H]3C[C@@H](CC4CCC5(CC4)CC5)CN3C(=O)[C@H]3[C@@H](C(=O)N4CCCC4)CCCN3C(=O)O)ccc21. The first-order chi connectivity index (χ1) is 22.2. The first-order valence-electron chi connectivity index (χ1n) is 17.4. The molecule has 4 amide bonds. The largest absolute Gasteiger partial charge is 0.465 e. The van der Waals surface area contributed by atoms with E-state index in [1.165, 1.54) is 43.4 Å². The molecule has 3 saturated heterocycles. The predicted octanol–water partition coefficient (Wildman–Crippen LogP) is 3.54. The lowest BCUT2D eigenvalue weighted by molar-refractivity contribution is -0.151. The molecule has 3 aliphatic heterocycles. The van der Waals surface area contributed by atoms with E-state index in [4.69, 9.17) is 0 Å². The third-order valence-electron chi connectivity index (χ3n) is 11.8. The van der Waals surface area contributed by atoms with Gasteiger partial charge in [0, 0.05) is 39.8 Å². The van der Waals surface area contributed by atoms with Crippen molar-refractivity contribution >= 4 is 34.8 Å². The number of carbonyl (C=O) groups excluding carboxylic acids is 3. The number of rotatable bonds is 7. The van der Waals surface area contributed by atoms with E-state index in [0.29, 0.717) is 50.2 Å². The van der Waals surface area contributed by atoms with Gasteiger partial charge >= 0.3 is 6.09 Å². The van der Waals surface area contributed by atoms with E-state index in [-0.39, 0.29) is 30.8 Å². The number of hydrogen-bond acceptors (Lipinski definition) is 6. The maximum atomic E-state index is 14.6. The molecule has 0 bridgehead atoms. The number of hydrogen-bond donors (Lipinski definition) is 2. The molecule has 1 spiro atoms. The Bertz CT molecular complexity index is 1490. The minimum absolute atomic E-state index is 0.130. The van der Waals surface area contributed by atoms with Crippen LogP contribution in [0.25, 0.3) is 11.0 Å². The molecule has 2 saturated carbocycles. The van der Waals surface area contributed by atoms with Crippen molar-refractivity contribution in [2.24, 2.45) is 30.2 Å². The minimum atomic E-state index is -1.19. The Kier molecular flexibility index (Phi) is 8.39. The number of nitrogens with one attached hydrogen (secondary N) is 1. The topological polar surface area (TPSA) is 141 Å². The number of benzene rings is 1. The number of aromatic nitrogens is 3. The highest BCUT2D eigenvalue weighted by Gasteiger charge is 2.51. The Labute approximate surface area is 269 Å². The Hall–Kier alpha value is -3.70. The lowest BCUT2D eigenvalue weighted by atomic mass is 9.76. The Morgan fingerprint density at radius 1 is 0.935 bits per heavy atom. The molecule has 0 unspecified atom stereocenters. The first kappa shape index (κ1) is 30.9. The van der Waals surface area contributed by atoms with Crippen molar-refractivity contribution in [3.8, 4) is 0 Å². The van der Waals surface area contributed by atoms with E-state index in [1.807, 2.05) is 25.2 Å². The molecule has 0 radical (unpaired) electrons. The molecular weight excluding hydrogens is 586 g/mol. The zero-order valence-electron chi connectivity index (χ0n) is 26.9. The van der Waals surface area contributed by atoms with Crippen molar-refractivity contribution in [2.75, 3.05) is 26.2 Å². The smallest absolute Gasteiger partial charge is 0.408 e. The molecule has 2 aromatic rings. The molecule has 46 heavy (non-hydrogen) atoms. The van der Waals surface area contributed by atoms with Gasteiger partial charge in [0.1, 0.15) is 17.6 Å². The summed E-state index contributed by atoms with van der Waals surface area (Å²) >= 11 is 0. The van der Waals surface area contributed by atoms with Gasteiger partial charge in [0.25, 0.3) is 0 Å². The van der Waals surface area contributed by atoms with Crippen LogP contribution in [-0.4, -0.2) is 96.9 Å². The number of carbonyl (C=O) groups is 4. The van der Waals surface area contributed by atoms with Crippen LogP contribution in [0.4, 0.5) is 4.79 Å². The fraction of sp³-hybridized carbons (Fsp3) is 0.706. The van der Waals surface area contributed by atoms with E-state index in [0.717, 1.165) is 35.9 Å². The summed E-state index contributed by atoms with van der Waals surface area (Å²) in [5, 5.41) is 21.5. The van der Waals surface area contributed by atoms with Gasteiger partial charge in [0.05, 0.1) is 11.4 Å². The highest BCUT2D eigenvalue weighted by molar-refractivity contribution is 5.96. The van der Waals surface area contributed by atoms with Crippen LogP contribution in [0.15, 0.2) is 18.2 Å². The van der Waals surface area contributed by atoms with Crippen LogP contribution >= 0.6 is 0 Å². The van der Waals surface area contributed by atoms with Gasteiger partial charge in [-0.05, 0) is 112 Å². The van der Waals surface area contributed by atoms with E-state index in [9.17, 15) is 24.3 Å². The molecule has 2 N–H and O–H groups in total. The number of amides is 4. The standard InChI is InChI=1S/C34H47N7O5/c1-38-27-7-6-23(18-26(27)36-37-38)20-35-30(42)28-19-24(17-22-8-10-34(11-9-22)12-13-34)21-41(28)32(44)29-25(5-4-16-40(29)33(45)46)31(43)39-14-2-3-15-39/h6-7,18,22,24-25,28-29H,2-5,8-17,19-21H2,1H3,(H,35,42)(H,45,46)/t24-,25+,28+,29-/m1/s1. The molecule has 4 atom stereocenters. The van der Waals surface area contributed by atoms with Crippen molar-refractivity contribution in [1.29, 1.82) is 0 Å². The van der Waals surface area contributed by atoms with E-state index >= 15 is 0 Å². The Morgan fingerprint density at radius 2 is 1.70 bits per heavy atom. The quantitative estimate of drug-likeness (QED) is 0.475. The second-order valence-corrected chi connectivity index (χ2v) is 14.7. The van der Waals surface area contributed by atoms with E-state index in [1.54, 1.807) is 14.5 Å². The summed E-state index contributed by atoms with van der Waals surface area (Å²) in [6, 6.07) is 3.94. The normalized spacial score (nSPS) is 27.8. The fourth-order valence-electron chi connectivity index (χ4n) is 8.88. The maximum Gasteiger partial charge on any atom is 0.408 e. The summed E-state index contributed by atoms with van der Waals surface area (Å²) in [7, 11) is 1.83.